The molecule has 5 heteroatoms. The Bertz CT molecular complexity index is 547. The van der Waals surface area contributed by atoms with Crippen molar-refractivity contribution in [2.75, 3.05) is 0 Å². The van der Waals surface area contributed by atoms with E-state index in [0.717, 1.165) is 5.56 Å². The van der Waals surface area contributed by atoms with Crippen LogP contribution in [0.1, 0.15) is 5.56 Å². The summed E-state index contributed by atoms with van der Waals surface area (Å²) in [6.07, 6.45) is 2.72. The maximum atomic E-state index is 11.5. The SMILES string of the molecule is Cc1ccc([N+]2=CC=NC(=O)C2=O)cc1Cl. The van der Waals surface area contributed by atoms with Crippen molar-refractivity contribution in [3.05, 3.63) is 28.8 Å². The number of halogens is 1. The Morgan fingerprint density at radius 1 is 1.31 bits per heavy atom. The smallest absolute Gasteiger partial charge is 0.255 e. The van der Waals surface area contributed by atoms with Crippen molar-refractivity contribution in [1.82, 2.24) is 0 Å². The zero-order valence-corrected chi connectivity index (χ0v) is 9.23. The summed E-state index contributed by atoms with van der Waals surface area (Å²) in [5.41, 5.74) is 1.47. The minimum Gasteiger partial charge on any atom is -0.255 e. The van der Waals surface area contributed by atoms with Crippen LogP contribution >= 0.6 is 11.6 Å². The number of amides is 2. The van der Waals surface area contributed by atoms with E-state index in [1.165, 1.54) is 17.0 Å². The number of carbonyl (C=O) groups excluding carboxylic acids is 2. The molecule has 0 unspecified atom stereocenters. The number of hydrogen-bond acceptors (Lipinski definition) is 2. The molecule has 0 fully saturated rings. The van der Waals surface area contributed by atoms with E-state index in [1.54, 1.807) is 18.2 Å². The largest absolute Gasteiger partial charge is 0.485 e. The summed E-state index contributed by atoms with van der Waals surface area (Å²) in [6, 6.07) is 5.15. The second kappa shape index (κ2) is 3.98. The molecule has 0 radical (unpaired) electrons. The first-order valence-electron chi connectivity index (χ1n) is 4.61. The average Bonchev–Trinajstić information content (AvgIpc) is 2.26. The van der Waals surface area contributed by atoms with Crippen LogP contribution in [0.25, 0.3) is 0 Å². The van der Waals surface area contributed by atoms with Crippen molar-refractivity contribution in [3.63, 3.8) is 0 Å². The third-order valence-corrected chi connectivity index (χ3v) is 2.65. The molecule has 16 heavy (non-hydrogen) atoms. The highest BCUT2D eigenvalue weighted by Gasteiger charge is 2.30. The Labute approximate surface area is 96.9 Å². The fourth-order valence-corrected chi connectivity index (χ4v) is 1.50. The van der Waals surface area contributed by atoms with Gasteiger partial charge in [0.05, 0.1) is 11.2 Å². The molecule has 1 aromatic rings. The van der Waals surface area contributed by atoms with Crippen molar-refractivity contribution >= 4 is 41.5 Å². The van der Waals surface area contributed by atoms with Crippen molar-refractivity contribution in [3.8, 4) is 0 Å². The van der Waals surface area contributed by atoms with Gasteiger partial charge in [0.25, 0.3) is 0 Å². The van der Waals surface area contributed by atoms with E-state index in [-0.39, 0.29) is 0 Å². The molecule has 0 aliphatic carbocycles. The van der Waals surface area contributed by atoms with Gasteiger partial charge in [-0.1, -0.05) is 17.7 Å². The van der Waals surface area contributed by atoms with E-state index >= 15 is 0 Å². The third kappa shape index (κ3) is 1.79. The van der Waals surface area contributed by atoms with E-state index in [1.807, 2.05) is 6.92 Å². The topological polar surface area (TPSA) is 49.5 Å². The number of hydrogen-bond donors (Lipinski definition) is 0. The molecule has 1 heterocycles. The van der Waals surface area contributed by atoms with Crippen LogP contribution in [-0.2, 0) is 9.59 Å². The van der Waals surface area contributed by atoms with Crippen LogP contribution < -0.4 is 0 Å². The number of carbonyl (C=O) groups is 2. The van der Waals surface area contributed by atoms with Crippen molar-refractivity contribution in [1.29, 1.82) is 0 Å². The molecular formula is C11H8ClN2O2+. The summed E-state index contributed by atoms with van der Waals surface area (Å²) in [7, 11) is 0. The van der Waals surface area contributed by atoms with Crippen LogP contribution in [0.4, 0.5) is 5.69 Å². The van der Waals surface area contributed by atoms with Gasteiger partial charge in [0, 0.05) is 12.1 Å². The normalized spacial score (nSPS) is 15.2. The van der Waals surface area contributed by atoms with Gasteiger partial charge < -0.3 is 0 Å². The highest BCUT2D eigenvalue weighted by molar-refractivity contribution is 6.39. The molecule has 0 atom stereocenters. The van der Waals surface area contributed by atoms with Gasteiger partial charge >= 0.3 is 11.8 Å². The fourth-order valence-electron chi connectivity index (χ4n) is 1.33. The van der Waals surface area contributed by atoms with Crippen molar-refractivity contribution < 1.29 is 14.2 Å². The molecule has 0 N–H and O–H groups in total. The Morgan fingerprint density at radius 2 is 2.06 bits per heavy atom. The second-order valence-corrected chi connectivity index (χ2v) is 3.75. The van der Waals surface area contributed by atoms with Gasteiger partial charge in [0.15, 0.2) is 6.21 Å². The van der Waals surface area contributed by atoms with Gasteiger partial charge in [-0.3, -0.25) is 4.79 Å². The number of aliphatic imine (C=N–C) groups is 1. The van der Waals surface area contributed by atoms with Crippen LogP contribution in [-0.4, -0.2) is 28.8 Å². The van der Waals surface area contributed by atoms with Crippen molar-refractivity contribution in [2.45, 2.75) is 6.92 Å². The molecule has 2 rings (SSSR count). The summed E-state index contributed by atoms with van der Waals surface area (Å²) >= 11 is 5.95. The quantitative estimate of drug-likeness (QED) is 0.547. The van der Waals surface area contributed by atoms with Crippen molar-refractivity contribution in [2.24, 2.45) is 4.99 Å². The molecule has 0 spiro atoms. The van der Waals surface area contributed by atoms with Gasteiger partial charge in [-0.2, -0.15) is 0 Å². The molecule has 0 bridgehead atoms. The minimum atomic E-state index is -0.779. The molecule has 4 nitrogen and oxygen atoms in total. The molecule has 1 aliphatic rings. The average molecular weight is 236 g/mol. The zero-order chi connectivity index (χ0) is 11.7. The number of nitrogens with zero attached hydrogens (tertiary/aromatic N) is 2. The maximum absolute atomic E-state index is 11.5. The zero-order valence-electron chi connectivity index (χ0n) is 8.48. The second-order valence-electron chi connectivity index (χ2n) is 3.34. The highest BCUT2D eigenvalue weighted by atomic mass is 35.5. The third-order valence-electron chi connectivity index (χ3n) is 2.24. The summed E-state index contributed by atoms with van der Waals surface area (Å²) in [6.45, 7) is 1.86. The fraction of sp³-hybridized carbons (Fsp3) is 0.0909. The van der Waals surface area contributed by atoms with Gasteiger partial charge in [0.2, 0.25) is 5.69 Å². The molecule has 0 saturated carbocycles. The Kier molecular flexibility index (Phi) is 2.66. The summed E-state index contributed by atoms with van der Waals surface area (Å²) < 4.78 is 1.22. The van der Waals surface area contributed by atoms with E-state index in [4.69, 9.17) is 11.6 Å². The van der Waals surface area contributed by atoms with Crippen LogP contribution in [0.3, 0.4) is 0 Å². The maximum Gasteiger partial charge on any atom is 0.485 e. The Morgan fingerprint density at radius 3 is 2.75 bits per heavy atom. The minimum absolute atomic E-state index is 0.550. The first-order chi connectivity index (χ1) is 7.59. The predicted molar refractivity (Wildman–Crippen MR) is 60.7 cm³/mol. The monoisotopic (exact) mass is 235 g/mol. The number of benzene rings is 1. The lowest BCUT2D eigenvalue weighted by Gasteiger charge is -2.02. The number of aryl methyl sites for hydroxylation is 1. The highest BCUT2D eigenvalue weighted by Crippen LogP contribution is 2.22. The van der Waals surface area contributed by atoms with E-state index in [2.05, 4.69) is 4.99 Å². The molecular weight excluding hydrogens is 228 g/mol. The van der Waals surface area contributed by atoms with Crippen LogP contribution in [0.2, 0.25) is 5.02 Å². The van der Waals surface area contributed by atoms with Gasteiger partial charge in [-0.15, -0.1) is 4.58 Å². The molecule has 1 aliphatic heterocycles. The van der Waals surface area contributed by atoms with Crippen LogP contribution in [0.15, 0.2) is 23.2 Å². The lowest BCUT2D eigenvalue weighted by molar-refractivity contribution is -0.356. The van der Waals surface area contributed by atoms with Crippen LogP contribution in [0.5, 0.6) is 0 Å². The van der Waals surface area contributed by atoms with Gasteiger partial charge in [0.1, 0.15) is 0 Å². The molecule has 1 aromatic carbocycles. The Hall–Kier alpha value is -1.81. The molecule has 80 valence electrons. The van der Waals surface area contributed by atoms with E-state index in [0.29, 0.717) is 10.7 Å². The van der Waals surface area contributed by atoms with Crippen LogP contribution in [0, 0.1) is 6.92 Å². The molecule has 0 aromatic heterocycles. The number of rotatable bonds is 1. The first-order valence-corrected chi connectivity index (χ1v) is 4.98. The summed E-state index contributed by atoms with van der Waals surface area (Å²) in [5.74, 6) is -1.46. The lowest BCUT2D eigenvalue weighted by Crippen LogP contribution is -2.28. The first kappa shape index (κ1) is 10.7. The molecule has 2 amide bonds. The Balaban J connectivity index is 2.49. The van der Waals surface area contributed by atoms with Gasteiger partial charge in [-0.05, 0) is 12.5 Å². The molecule has 0 saturated heterocycles. The van der Waals surface area contributed by atoms with E-state index in [9.17, 15) is 9.59 Å². The van der Waals surface area contributed by atoms with Gasteiger partial charge in [-0.25, -0.2) is 9.79 Å². The summed E-state index contributed by atoms with van der Waals surface area (Å²) in [4.78, 5) is 26.0. The standard InChI is InChI=1S/C11H8ClN2O2/c1-7-2-3-8(6-9(7)12)14-5-4-13-10(15)11(14)16/h2-6H,1H3/q+1. The summed E-state index contributed by atoms with van der Waals surface area (Å²) in [5, 5.41) is 0.550. The lowest BCUT2D eigenvalue weighted by atomic mass is 10.2. The van der Waals surface area contributed by atoms with E-state index < -0.39 is 11.8 Å². The predicted octanol–water partition coefficient (Wildman–Crippen LogP) is 1.50.